The number of halogens is 1. The number of nitrogens with one attached hydrogen (secondary N) is 2. The van der Waals surface area contributed by atoms with Crippen LogP contribution in [0.3, 0.4) is 0 Å². The first-order chi connectivity index (χ1) is 14.2. The monoisotopic (exact) mass is 425 g/mol. The molecule has 3 heterocycles. The minimum absolute atomic E-state index is 0. The van der Waals surface area contributed by atoms with Gasteiger partial charge in [-0.3, -0.25) is 5.10 Å². The number of methoxy groups -OCH3 is 1. The molecule has 0 radical (unpaired) electrons. The molecular weight excluding hydrogens is 402 g/mol. The number of H-pyrrole nitrogens is 1. The number of nitriles is 1. The average molecular weight is 426 g/mol. The molecule has 8 nitrogen and oxygen atoms in total. The fourth-order valence-electron chi connectivity index (χ4n) is 3.73. The van der Waals surface area contributed by atoms with Crippen LogP contribution in [0.1, 0.15) is 30.0 Å². The van der Waals surface area contributed by atoms with Crippen molar-refractivity contribution >= 4 is 24.0 Å². The van der Waals surface area contributed by atoms with Crippen molar-refractivity contribution in [3.63, 3.8) is 0 Å². The first kappa shape index (κ1) is 21.6. The van der Waals surface area contributed by atoms with Gasteiger partial charge in [0.2, 0.25) is 0 Å². The second kappa shape index (κ2) is 9.57. The summed E-state index contributed by atoms with van der Waals surface area (Å²) in [5.74, 6) is 2.49. The summed E-state index contributed by atoms with van der Waals surface area (Å²) in [6.45, 7) is 2.24. The zero-order chi connectivity index (χ0) is 20.2. The summed E-state index contributed by atoms with van der Waals surface area (Å²) < 4.78 is 5.68. The molecule has 9 heteroatoms. The molecular formula is C21H24ClN7O. The smallest absolute Gasteiger partial charge is 0.158 e. The normalized spacial score (nSPS) is 16.4. The maximum absolute atomic E-state index is 8.81. The van der Waals surface area contributed by atoms with Crippen molar-refractivity contribution in [2.75, 3.05) is 32.6 Å². The van der Waals surface area contributed by atoms with Crippen molar-refractivity contribution in [3.05, 3.63) is 47.9 Å². The zero-order valence-electron chi connectivity index (χ0n) is 16.9. The molecule has 1 unspecified atom stereocenters. The lowest BCUT2D eigenvalue weighted by Gasteiger charge is -2.30. The van der Waals surface area contributed by atoms with Gasteiger partial charge in [-0.05, 0) is 50.0 Å². The molecule has 30 heavy (non-hydrogen) atoms. The number of piperidine rings is 1. The first-order valence-corrected chi connectivity index (χ1v) is 9.57. The lowest BCUT2D eigenvalue weighted by molar-refractivity contribution is 0.250. The zero-order valence-corrected chi connectivity index (χ0v) is 17.7. The number of likely N-dealkylation sites (N-methyl/N-ethyl adjacent to an activating group) is 1. The molecule has 0 amide bonds. The van der Waals surface area contributed by atoms with E-state index in [0.717, 1.165) is 23.6 Å². The summed E-state index contributed by atoms with van der Waals surface area (Å²) >= 11 is 0. The Labute approximate surface area is 181 Å². The van der Waals surface area contributed by atoms with Crippen LogP contribution in [-0.4, -0.2) is 52.3 Å². The van der Waals surface area contributed by atoms with Crippen LogP contribution in [0.15, 0.2) is 36.7 Å². The minimum Gasteiger partial charge on any atom is -0.496 e. The number of hydrogen-bond donors (Lipinski definition) is 2. The molecule has 1 saturated heterocycles. The Morgan fingerprint density at radius 1 is 1.23 bits per heavy atom. The number of benzene rings is 1. The molecule has 0 aliphatic carbocycles. The average Bonchev–Trinajstić information content (AvgIpc) is 3.22. The van der Waals surface area contributed by atoms with Crippen LogP contribution in [0.25, 0.3) is 11.3 Å². The lowest BCUT2D eigenvalue weighted by Crippen LogP contribution is -2.30. The van der Waals surface area contributed by atoms with Crippen LogP contribution in [0.4, 0.5) is 11.6 Å². The summed E-state index contributed by atoms with van der Waals surface area (Å²) in [4.78, 5) is 10.5. The van der Waals surface area contributed by atoms with Gasteiger partial charge in [0.25, 0.3) is 0 Å². The number of aromatic amines is 1. The van der Waals surface area contributed by atoms with E-state index in [4.69, 9.17) is 10.00 Å². The van der Waals surface area contributed by atoms with Crippen LogP contribution in [0, 0.1) is 11.3 Å². The van der Waals surface area contributed by atoms with Gasteiger partial charge in [-0.15, -0.1) is 12.4 Å². The fourth-order valence-corrected chi connectivity index (χ4v) is 3.73. The third-order valence-corrected chi connectivity index (χ3v) is 5.21. The molecule has 3 aromatic rings. The molecule has 0 saturated carbocycles. The SMILES string of the molecule is COc1cc(C2CCCN(C)C2)ccc1-c1cc(Nc2cnc(C#N)cn2)n[nH]1.Cl. The van der Waals surface area contributed by atoms with E-state index in [9.17, 15) is 0 Å². The molecule has 1 aliphatic heterocycles. The first-order valence-electron chi connectivity index (χ1n) is 9.57. The summed E-state index contributed by atoms with van der Waals surface area (Å²) in [5.41, 5.74) is 3.38. The van der Waals surface area contributed by atoms with Crippen molar-refractivity contribution in [1.29, 1.82) is 5.26 Å². The van der Waals surface area contributed by atoms with Crippen molar-refractivity contribution in [2.45, 2.75) is 18.8 Å². The summed E-state index contributed by atoms with van der Waals surface area (Å²) in [6.07, 6.45) is 5.35. The van der Waals surface area contributed by atoms with E-state index < -0.39 is 0 Å². The Kier molecular flexibility index (Phi) is 6.87. The number of nitrogens with zero attached hydrogens (tertiary/aromatic N) is 5. The number of rotatable bonds is 5. The quantitative estimate of drug-likeness (QED) is 0.642. The van der Waals surface area contributed by atoms with Gasteiger partial charge in [0, 0.05) is 18.2 Å². The third-order valence-electron chi connectivity index (χ3n) is 5.21. The largest absolute Gasteiger partial charge is 0.496 e. The van der Waals surface area contributed by atoms with Crippen molar-refractivity contribution in [3.8, 4) is 23.1 Å². The van der Waals surface area contributed by atoms with E-state index in [1.807, 2.05) is 12.1 Å². The van der Waals surface area contributed by atoms with Crippen molar-refractivity contribution in [1.82, 2.24) is 25.1 Å². The molecule has 156 valence electrons. The molecule has 4 rings (SSSR count). The van der Waals surface area contributed by atoms with Crippen molar-refractivity contribution < 1.29 is 4.74 Å². The second-order valence-electron chi connectivity index (χ2n) is 7.25. The highest BCUT2D eigenvalue weighted by Gasteiger charge is 2.20. The highest BCUT2D eigenvalue weighted by atomic mass is 35.5. The number of anilines is 2. The second-order valence-corrected chi connectivity index (χ2v) is 7.25. The van der Waals surface area contributed by atoms with Gasteiger partial charge in [-0.2, -0.15) is 10.4 Å². The maximum atomic E-state index is 8.81. The summed E-state index contributed by atoms with van der Waals surface area (Å²) in [7, 11) is 3.87. The maximum Gasteiger partial charge on any atom is 0.158 e. The highest BCUT2D eigenvalue weighted by molar-refractivity contribution is 5.85. The van der Waals surface area contributed by atoms with E-state index in [0.29, 0.717) is 17.6 Å². The van der Waals surface area contributed by atoms with E-state index in [-0.39, 0.29) is 18.1 Å². The van der Waals surface area contributed by atoms with Crippen LogP contribution in [0.5, 0.6) is 5.75 Å². The van der Waals surface area contributed by atoms with E-state index in [1.165, 1.54) is 37.3 Å². The number of hydrogen-bond acceptors (Lipinski definition) is 7. The molecule has 0 spiro atoms. The van der Waals surface area contributed by atoms with Gasteiger partial charge in [-0.1, -0.05) is 6.07 Å². The number of ether oxygens (including phenoxy) is 1. The van der Waals surface area contributed by atoms with Gasteiger partial charge in [0.1, 0.15) is 17.6 Å². The van der Waals surface area contributed by atoms with Crippen LogP contribution in [-0.2, 0) is 0 Å². The standard InChI is InChI=1S/C21H23N7O.ClH/c1-28-7-3-4-15(13-28)14-5-6-17(19(8-14)29-2)18-9-20(27-26-18)25-21-12-23-16(10-22)11-24-21;/h5-6,8-9,11-12,15H,3-4,7,13H2,1-2H3,(H2,24,25,26,27);1H. The van der Waals surface area contributed by atoms with E-state index in [2.05, 4.69) is 55.6 Å². The van der Waals surface area contributed by atoms with E-state index in [1.54, 1.807) is 7.11 Å². The van der Waals surface area contributed by atoms with Crippen LogP contribution in [0.2, 0.25) is 0 Å². The predicted octanol–water partition coefficient (Wildman–Crippen LogP) is 3.72. The Bertz CT molecular complexity index is 1030. The van der Waals surface area contributed by atoms with Gasteiger partial charge in [-0.25, -0.2) is 9.97 Å². The Hall–Kier alpha value is -3.15. The summed E-state index contributed by atoms with van der Waals surface area (Å²) in [6, 6.07) is 10.2. The van der Waals surface area contributed by atoms with Crippen molar-refractivity contribution in [2.24, 2.45) is 0 Å². The Balaban J connectivity index is 0.00000256. The number of likely N-dealkylation sites (tertiary alicyclic amines) is 1. The van der Waals surface area contributed by atoms with Gasteiger partial charge < -0.3 is 15.0 Å². The topological polar surface area (TPSA) is 103 Å². The predicted molar refractivity (Wildman–Crippen MR) is 117 cm³/mol. The van der Waals surface area contributed by atoms with Gasteiger partial charge in [0.15, 0.2) is 11.5 Å². The minimum atomic E-state index is 0. The summed E-state index contributed by atoms with van der Waals surface area (Å²) in [5, 5.41) is 19.2. The van der Waals surface area contributed by atoms with Gasteiger partial charge in [0.05, 0.1) is 25.2 Å². The molecule has 0 bridgehead atoms. The molecule has 1 aromatic carbocycles. The van der Waals surface area contributed by atoms with Gasteiger partial charge >= 0.3 is 0 Å². The molecule has 1 atom stereocenters. The lowest BCUT2D eigenvalue weighted by atomic mass is 9.90. The number of aromatic nitrogens is 4. The fraction of sp³-hybridized carbons (Fsp3) is 0.333. The Morgan fingerprint density at radius 3 is 2.80 bits per heavy atom. The molecule has 2 aromatic heterocycles. The van der Waals surface area contributed by atoms with Crippen LogP contribution < -0.4 is 10.1 Å². The Morgan fingerprint density at radius 2 is 2.10 bits per heavy atom. The molecule has 2 N–H and O–H groups in total. The molecule has 1 fully saturated rings. The van der Waals surface area contributed by atoms with Crippen LogP contribution >= 0.6 is 12.4 Å². The van der Waals surface area contributed by atoms with E-state index >= 15 is 0 Å². The third kappa shape index (κ3) is 4.70. The molecule has 1 aliphatic rings. The highest BCUT2D eigenvalue weighted by Crippen LogP contribution is 2.35.